The van der Waals surface area contributed by atoms with Crippen LogP contribution in [-0.4, -0.2) is 42.6 Å². The van der Waals surface area contributed by atoms with E-state index in [0.717, 1.165) is 24.6 Å². The maximum atomic E-state index is 8.63. The number of hydrogen-bond donors (Lipinski definition) is 1. The SMILES string of the molecule is CSC(=Nc1ccc(OCC2CCCCN2C)cc1)NC#N. The molecule has 1 N–H and O–H groups in total. The van der Waals surface area contributed by atoms with Crippen molar-refractivity contribution < 1.29 is 4.74 Å². The van der Waals surface area contributed by atoms with Gasteiger partial charge >= 0.3 is 0 Å². The number of hydrogen-bond acceptors (Lipinski definition) is 5. The molecule has 1 aliphatic heterocycles. The summed E-state index contributed by atoms with van der Waals surface area (Å²) in [6, 6.07) is 8.15. The van der Waals surface area contributed by atoms with E-state index in [0.29, 0.717) is 11.2 Å². The third kappa shape index (κ3) is 4.93. The summed E-state index contributed by atoms with van der Waals surface area (Å²) in [6.45, 7) is 1.89. The van der Waals surface area contributed by atoms with Crippen molar-refractivity contribution in [3.8, 4) is 11.9 Å². The minimum Gasteiger partial charge on any atom is -0.492 e. The van der Waals surface area contributed by atoms with E-state index < -0.39 is 0 Å². The highest BCUT2D eigenvalue weighted by Gasteiger charge is 2.19. The van der Waals surface area contributed by atoms with E-state index >= 15 is 0 Å². The first kappa shape index (κ1) is 16.7. The molecule has 0 bridgehead atoms. The molecule has 6 heteroatoms. The van der Waals surface area contributed by atoms with Gasteiger partial charge in [-0.05, 0) is 57.0 Å². The second-order valence-corrected chi connectivity index (χ2v) is 6.09. The third-order valence-corrected chi connectivity index (χ3v) is 4.37. The first-order valence-corrected chi connectivity index (χ1v) is 8.66. The van der Waals surface area contributed by atoms with Gasteiger partial charge in [-0.2, -0.15) is 5.26 Å². The van der Waals surface area contributed by atoms with E-state index in [1.165, 1.54) is 31.0 Å². The standard InChI is InChI=1S/C16H22N4OS/c1-20-10-4-3-5-14(20)11-21-15-8-6-13(7-9-15)19-16(22-2)18-12-17/h6-9,14H,3-5,10-11H2,1-2H3,(H,18,19). The number of nitriles is 1. The fourth-order valence-electron chi connectivity index (χ4n) is 2.45. The Hall–Kier alpha value is -1.71. The Bertz CT molecular complexity index is 538. The summed E-state index contributed by atoms with van der Waals surface area (Å²) in [6.07, 6.45) is 7.53. The number of ether oxygens (including phenoxy) is 1. The lowest BCUT2D eigenvalue weighted by molar-refractivity contribution is 0.125. The normalized spacial score (nSPS) is 19.5. The minimum absolute atomic E-state index is 0.509. The zero-order valence-electron chi connectivity index (χ0n) is 13.1. The van der Waals surface area contributed by atoms with Crippen molar-refractivity contribution in [2.75, 3.05) is 26.5 Å². The van der Waals surface area contributed by atoms with Crippen molar-refractivity contribution in [3.63, 3.8) is 0 Å². The Kier molecular flexibility index (Phi) is 6.56. The predicted molar refractivity (Wildman–Crippen MR) is 91.6 cm³/mol. The lowest BCUT2D eigenvalue weighted by Crippen LogP contribution is -2.40. The summed E-state index contributed by atoms with van der Waals surface area (Å²) in [5.74, 6) is 0.858. The molecule has 1 unspecified atom stereocenters. The number of benzene rings is 1. The number of rotatable bonds is 4. The third-order valence-electron chi connectivity index (χ3n) is 3.79. The molecule has 22 heavy (non-hydrogen) atoms. The largest absolute Gasteiger partial charge is 0.492 e. The molecule has 1 fully saturated rings. The molecular weight excluding hydrogens is 296 g/mol. The molecule has 1 heterocycles. The van der Waals surface area contributed by atoms with Gasteiger partial charge in [-0.1, -0.05) is 18.2 Å². The first-order valence-electron chi connectivity index (χ1n) is 7.44. The summed E-state index contributed by atoms with van der Waals surface area (Å²) in [4.78, 5) is 6.73. The number of amidine groups is 1. The van der Waals surface area contributed by atoms with Crippen LogP contribution in [-0.2, 0) is 0 Å². The van der Waals surface area contributed by atoms with Gasteiger partial charge in [0.25, 0.3) is 0 Å². The molecule has 0 radical (unpaired) electrons. The highest BCUT2D eigenvalue weighted by Crippen LogP contribution is 2.21. The average Bonchev–Trinajstić information content (AvgIpc) is 2.55. The van der Waals surface area contributed by atoms with Gasteiger partial charge in [-0.3, -0.25) is 5.32 Å². The van der Waals surface area contributed by atoms with Crippen molar-refractivity contribution in [1.82, 2.24) is 10.2 Å². The number of thioether (sulfide) groups is 1. The van der Waals surface area contributed by atoms with E-state index in [9.17, 15) is 0 Å². The van der Waals surface area contributed by atoms with E-state index in [-0.39, 0.29) is 0 Å². The predicted octanol–water partition coefficient (Wildman–Crippen LogP) is 2.97. The molecule has 0 spiro atoms. The quantitative estimate of drug-likeness (QED) is 0.400. The Morgan fingerprint density at radius 2 is 2.23 bits per heavy atom. The van der Waals surface area contributed by atoms with Crippen molar-refractivity contribution >= 4 is 22.6 Å². The molecule has 0 aromatic heterocycles. The highest BCUT2D eigenvalue weighted by molar-refractivity contribution is 8.13. The van der Waals surface area contributed by atoms with Crippen LogP contribution >= 0.6 is 11.8 Å². The number of piperidine rings is 1. The topological polar surface area (TPSA) is 60.6 Å². The fraction of sp³-hybridized carbons (Fsp3) is 0.500. The Morgan fingerprint density at radius 1 is 1.45 bits per heavy atom. The van der Waals surface area contributed by atoms with E-state index in [4.69, 9.17) is 10.00 Å². The van der Waals surface area contributed by atoms with Crippen LogP contribution in [0.2, 0.25) is 0 Å². The van der Waals surface area contributed by atoms with E-state index in [1.807, 2.05) is 36.7 Å². The van der Waals surface area contributed by atoms with Gasteiger partial charge in [0, 0.05) is 6.04 Å². The monoisotopic (exact) mass is 318 g/mol. The maximum Gasteiger partial charge on any atom is 0.183 e. The second-order valence-electron chi connectivity index (χ2n) is 5.29. The molecule has 0 saturated carbocycles. The maximum absolute atomic E-state index is 8.63. The molecule has 1 aromatic rings. The van der Waals surface area contributed by atoms with Gasteiger partial charge < -0.3 is 9.64 Å². The number of likely N-dealkylation sites (N-methyl/N-ethyl adjacent to an activating group) is 1. The van der Waals surface area contributed by atoms with Crippen LogP contribution in [0, 0.1) is 11.5 Å². The molecule has 1 aliphatic rings. The van der Waals surface area contributed by atoms with Crippen LogP contribution < -0.4 is 10.1 Å². The lowest BCUT2D eigenvalue weighted by atomic mass is 10.0. The molecule has 118 valence electrons. The van der Waals surface area contributed by atoms with Crippen LogP contribution in [0.5, 0.6) is 5.75 Å². The molecular formula is C16H22N4OS. The van der Waals surface area contributed by atoms with Crippen LogP contribution in [0.1, 0.15) is 19.3 Å². The minimum atomic E-state index is 0.509. The lowest BCUT2D eigenvalue weighted by Gasteiger charge is -2.32. The van der Waals surface area contributed by atoms with Gasteiger partial charge in [-0.25, -0.2) is 4.99 Å². The summed E-state index contributed by atoms with van der Waals surface area (Å²) in [7, 11) is 2.16. The van der Waals surface area contributed by atoms with Crippen LogP contribution in [0.4, 0.5) is 5.69 Å². The molecule has 1 atom stereocenters. The van der Waals surface area contributed by atoms with Crippen LogP contribution in [0.3, 0.4) is 0 Å². The van der Waals surface area contributed by atoms with E-state index in [2.05, 4.69) is 22.3 Å². The molecule has 2 rings (SSSR count). The summed E-state index contributed by atoms with van der Waals surface area (Å²) in [5.41, 5.74) is 0.800. The van der Waals surface area contributed by atoms with Gasteiger partial charge in [0.15, 0.2) is 11.4 Å². The number of nitrogens with one attached hydrogen (secondary N) is 1. The Morgan fingerprint density at radius 3 is 2.86 bits per heavy atom. The zero-order valence-corrected chi connectivity index (χ0v) is 13.9. The van der Waals surface area contributed by atoms with Crippen LogP contribution in [0.25, 0.3) is 0 Å². The molecule has 0 amide bonds. The number of likely N-dealkylation sites (tertiary alicyclic amines) is 1. The van der Waals surface area contributed by atoms with Gasteiger partial charge in [-0.15, -0.1) is 0 Å². The summed E-state index contributed by atoms with van der Waals surface area (Å²) in [5, 5.41) is 11.8. The van der Waals surface area contributed by atoms with Gasteiger partial charge in [0.1, 0.15) is 12.4 Å². The number of aliphatic imine (C=N–C) groups is 1. The van der Waals surface area contributed by atoms with Crippen molar-refractivity contribution in [1.29, 1.82) is 5.26 Å². The first-order chi connectivity index (χ1) is 10.7. The molecule has 5 nitrogen and oxygen atoms in total. The number of nitrogens with zero attached hydrogens (tertiary/aromatic N) is 3. The summed E-state index contributed by atoms with van der Waals surface area (Å²) < 4.78 is 5.89. The molecule has 0 aliphatic carbocycles. The Labute approximate surface area is 136 Å². The summed E-state index contributed by atoms with van der Waals surface area (Å²) >= 11 is 1.40. The fourth-order valence-corrected chi connectivity index (χ4v) is 2.80. The Balaban J connectivity index is 1.90. The van der Waals surface area contributed by atoms with Crippen molar-refractivity contribution in [2.24, 2.45) is 4.99 Å². The van der Waals surface area contributed by atoms with Crippen LogP contribution in [0.15, 0.2) is 29.3 Å². The van der Waals surface area contributed by atoms with Gasteiger partial charge in [0.05, 0.1) is 5.69 Å². The zero-order chi connectivity index (χ0) is 15.8. The smallest absolute Gasteiger partial charge is 0.183 e. The van der Waals surface area contributed by atoms with Crippen molar-refractivity contribution in [2.45, 2.75) is 25.3 Å². The van der Waals surface area contributed by atoms with Crippen molar-refractivity contribution in [3.05, 3.63) is 24.3 Å². The average molecular weight is 318 g/mol. The van der Waals surface area contributed by atoms with Gasteiger partial charge in [0.2, 0.25) is 0 Å². The molecule has 1 aromatic carbocycles. The second kappa shape index (κ2) is 8.66. The molecule has 1 saturated heterocycles. The van der Waals surface area contributed by atoms with E-state index in [1.54, 1.807) is 0 Å². The highest BCUT2D eigenvalue weighted by atomic mass is 32.2.